The monoisotopic (exact) mass is 440 g/mol. The second kappa shape index (κ2) is 7.43. The van der Waals surface area contributed by atoms with Gasteiger partial charge >= 0.3 is 0 Å². The lowest BCUT2D eigenvalue weighted by Crippen LogP contribution is -2.37. The van der Waals surface area contributed by atoms with Gasteiger partial charge in [0.2, 0.25) is 5.91 Å². The Balaban J connectivity index is 1.53. The number of halogens is 1. The summed E-state index contributed by atoms with van der Waals surface area (Å²) in [5.41, 5.74) is 1.25. The van der Waals surface area contributed by atoms with Gasteiger partial charge in [0, 0.05) is 9.90 Å². The van der Waals surface area contributed by atoms with Crippen LogP contribution in [0.5, 0.6) is 5.75 Å². The fraction of sp³-hybridized carbons (Fsp3) is 0.182. The third-order valence-corrected chi connectivity index (χ3v) is 6.56. The normalized spacial score (nSPS) is 23.2. The summed E-state index contributed by atoms with van der Waals surface area (Å²) in [6.07, 6.45) is -0.887. The van der Waals surface area contributed by atoms with Crippen molar-refractivity contribution in [3.63, 3.8) is 0 Å². The van der Waals surface area contributed by atoms with Gasteiger partial charge in [0.15, 0.2) is 6.10 Å². The minimum atomic E-state index is -0.887. The first-order valence-corrected chi connectivity index (χ1v) is 10.6. The summed E-state index contributed by atoms with van der Waals surface area (Å²) in [5, 5.41) is 4.22. The van der Waals surface area contributed by atoms with Crippen molar-refractivity contribution in [1.82, 2.24) is 0 Å². The van der Waals surface area contributed by atoms with Crippen LogP contribution in [0.4, 0.5) is 11.4 Å². The van der Waals surface area contributed by atoms with Gasteiger partial charge in [-0.3, -0.25) is 14.4 Å². The molecule has 5 rings (SSSR count). The van der Waals surface area contributed by atoms with Gasteiger partial charge in [0.05, 0.1) is 18.5 Å². The largest absolute Gasteiger partial charge is 0.497 e. The number of anilines is 2. The minimum absolute atomic E-state index is 0.273. The molecular formula is C22H17ClN2O4S. The molecule has 2 aromatic carbocycles. The zero-order valence-corrected chi connectivity index (χ0v) is 17.5. The lowest BCUT2D eigenvalue weighted by Gasteiger charge is -2.27. The third kappa shape index (κ3) is 2.98. The molecule has 0 bridgehead atoms. The van der Waals surface area contributed by atoms with Crippen molar-refractivity contribution in [2.45, 2.75) is 12.1 Å². The van der Waals surface area contributed by atoms with Crippen LogP contribution in [0.2, 0.25) is 5.02 Å². The van der Waals surface area contributed by atoms with Gasteiger partial charge in [-0.2, -0.15) is 0 Å². The number of ether oxygens (including phenoxy) is 1. The van der Waals surface area contributed by atoms with Crippen LogP contribution in [0.25, 0.3) is 0 Å². The molecule has 3 atom stereocenters. The maximum absolute atomic E-state index is 13.4. The summed E-state index contributed by atoms with van der Waals surface area (Å²) < 4.78 is 5.17. The highest BCUT2D eigenvalue weighted by molar-refractivity contribution is 7.10. The molecule has 6 nitrogen and oxygen atoms in total. The number of rotatable bonds is 4. The van der Waals surface area contributed by atoms with Crippen LogP contribution in [0, 0.1) is 5.92 Å². The van der Waals surface area contributed by atoms with Crippen molar-refractivity contribution in [3.8, 4) is 5.75 Å². The highest BCUT2D eigenvalue weighted by atomic mass is 35.5. The number of imide groups is 1. The van der Waals surface area contributed by atoms with E-state index in [-0.39, 0.29) is 11.8 Å². The Morgan fingerprint density at radius 3 is 2.30 bits per heavy atom. The number of carbonyl (C=O) groups is 2. The van der Waals surface area contributed by atoms with E-state index in [1.165, 1.54) is 16.2 Å². The van der Waals surface area contributed by atoms with Gasteiger partial charge in [-0.15, -0.1) is 11.3 Å². The summed E-state index contributed by atoms with van der Waals surface area (Å²) in [6.45, 7) is 0. The molecule has 0 radical (unpaired) electrons. The van der Waals surface area contributed by atoms with E-state index in [0.717, 1.165) is 10.6 Å². The highest BCUT2D eigenvalue weighted by Crippen LogP contribution is 2.48. The minimum Gasteiger partial charge on any atom is -0.497 e. The average molecular weight is 441 g/mol. The Labute approximate surface area is 182 Å². The Hall–Kier alpha value is -2.87. The van der Waals surface area contributed by atoms with Gasteiger partial charge < -0.3 is 4.74 Å². The Morgan fingerprint density at radius 1 is 0.967 bits per heavy atom. The van der Waals surface area contributed by atoms with Crippen LogP contribution < -0.4 is 14.7 Å². The van der Waals surface area contributed by atoms with Crippen LogP contribution in [-0.4, -0.2) is 25.0 Å². The van der Waals surface area contributed by atoms with E-state index in [1.54, 1.807) is 48.6 Å². The van der Waals surface area contributed by atoms with Gasteiger partial charge in [0.1, 0.15) is 17.7 Å². The Morgan fingerprint density at radius 2 is 1.67 bits per heavy atom. The summed E-state index contributed by atoms with van der Waals surface area (Å²) in [6, 6.07) is 17.5. The number of fused-ring (bicyclic) bond motifs is 1. The molecule has 2 aliphatic rings. The highest BCUT2D eigenvalue weighted by Gasteiger charge is 2.60. The second-order valence-electron chi connectivity index (χ2n) is 7.02. The molecule has 0 spiro atoms. The number of nitrogens with zero attached hydrogens (tertiary/aromatic N) is 2. The van der Waals surface area contributed by atoms with E-state index in [0.29, 0.717) is 16.5 Å². The van der Waals surface area contributed by atoms with Crippen LogP contribution in [0.1, 0.15) is 10.9 Å². The Kier molecular flexibility index (Phi) is 4.73. The lowest BCUT2D eigenvalue weighted by atomic mass is 9.95. The molecule has 0 unspecified atom stereocenters. The number of benzene rings is 2. The molecule has 30 heavy (non-hydrogen) atoms. The molecule has 0 N–H and O–H groups in total. The molecule has 2 aliphatic heterocycles. The van der Waals surface area contributed by atoms with Crippen LogP contribution in [-0.2, 0) is 14.4 Å². The first kappa shape index (κ1) is 19.1. The van der Waals surface area contributed by atoms with E-state index in [9.17, 15) is 9.59 Å². The maximum Gasteiger partial charge on any atom is 0.266 e. The lowest BCUT2D eigenvalue weighted by molar-refractivity contribution is -0.126. The van der Waals surface area contributed by atoms with E-state index in [4.69, 9.17) is 21.2 Å². The standard InChI is InChI=1S/C22H17ClN2O4S/c1-28-16-10-8-14(9-11-16)24-21(26)18-19(17-3-2-12-30-17)25(29-20(18)22(24)27)15-6-4-13(23)5-7-15/h2-12,18-20H,1H3/t18-,19-,20+/m1/s1. The fourth-order valence-electron chi connectivity index (χ4n) is 3.96. The molecule has 2 fully saturated rings. The average Bonchev–Trinajstić information content (AvgIpc) is 3.47. The number of hydrogen-bond donors (Lipinski definition) is 0. The predicted molar refractivity (Wildman–Crippen MR) is 115 cm³/mol. The molecule has 2 amide bonds. The number of carbonyl (C=O) groups excluding carboxylic acids is 2. The molecular weight excluding hydrogens is 424 g/mol. The number of amides is 2. The zero-order chi connectivity index (χ0) is 20.8. The summed E-state index contributed by atoms with van der Waals surface area (Å²) in [4.78, 5) is 34.9. The molecule has 0 aliphatic carbocycles. The van der Waals surface area contributed by atoms with Crippen molar-refractivity contribution in [2.75, 3.05) is 17.1 Å². The van der Waals surface area contributed by atoms with Gasteiger partial charge in [-0.25, -0.2) is 9.96 Å². The van der Waals surface area contributed by atoms with Crippen LogP contribution >= 0.6 is 22.9 Å². The maximum atomic E-state index is 13.4. The van der Waals surface area contributed by atoms with Gasteiger partial charge in [-0.1, -0.05) is 17.7 Å². The van der Waals surface area contributed by atoms with Crippen molar-refractivity contribution in [1.29, 1.82) is 0 Å². The smallest absolute Gasteiger partial charge is 0.266 e. The third-order valence-electron chi connectivity index (χ3n) is 5.36. The molecule has 0 saturated carbocycles. The molecule has 3 aromatic rings. The molecule has 2 saturated heterocycles. The predicted octanol–water partition coefficient (Wildman–Crippen LogP) is 4.46. The molecule has 1 aromatic heterocycles. The SMILES string of the molecule is COc1ccc(N2C(=O)[C@H]3[C@H](ON(c4ccc(Cl)cc4)[C@@H]3c3cccs3)C2=O)cc1. The zero-order valence-electron chi connectivity index (χ0n) is 15.9. The van der Waals surface area contributed by atoms with E-state index in [2.05, 4.69) is 0 Å². The fourth-order valence-corrected chi connectivity index (χ4v) is 4.94. The van der Waals surface area contributed by atoms with Crippen molar-refractivity contribution >= 4 is 46.1 Å². The number of hydroxylamine groups is 1. The molecule has 8 heteroatoms. The Bertz CT molecular complexity index is 1090. The topological polar surface area (TPSA) is 59.1 Å². The van der Waals surface area contributed by atoms with Crippen LogP contribution in [0.3, 0.4) is 0 Å². The van der Waals surface area contributed by atoms with E-state index < -0.39 is 18.1 Å². The molecule has 152 valence electrons. The van der Waals surface area contributed by atoms with Crippen LogP contribution in [0.15, 0.2) is 66.0 Å². The number of methoxy groups -OCH3 is 1. The quantitative estimate of drug-likeness (QED) is 0.560. The number of thiophene rings is 1. The first-order chi connectivity index (χ1) is 14.6. The summed E-state index contributed by atoms with van der Waals surface area (Å²) >= 11 is 7.55. The van der Waals surface area contributed by atoms with Crippen molar-refractivity contribution < 1.29 is 19.2 Å². The summed E-state index contributed by atoms with van der Waals surface area (Å²) in [5.74, 6) is -0.633. The van der Waals surface area contributed by atoms with E-state index >= 15 is 0 Å². The van der Waals surface area contributed by atoms with E-state index in [1.807, 2.05) is 29.6 Å². The number of hydrogen-bond acceptors (Lipinski definition) is 6. The van der Waals surface area contributed by atoms with Crippen molar-refractivity contribution in [3.05, 3.63) is 75.9 Å². The van der Waals surface area contributed by atoms with Gasteiger partial charge in [-0.05, 0) is 60.0 Å². The van der Waals surface area contributed by atoms with Gasteiger partial charge in [0.25, 0.3) is 5.91 Å². The summed E-state index contributed by atoms with van der Waals surface area (Å²) in [7, 11) is 1.57. The van der Waals surface area contributed by atoms with Crippen molar-refractivity contribution in [2.24, 2.45) is 5.92 Å². The first-order valence-electron chi connectivity index (χ1n) is 9.35. The second-order valence-corrected chi connectivity index (χ2v) is 8.44. The molecule has 3 heterocycles.